The van der Waals surface area contributed by atoms with Crippen LogP contribution in [0.3, 0.4) is 0 Å². The lowest BCUT2D eigenvalue weighted by molar-refractivity contribution is -0.130. The van der Waals surface area contributed by atoms with Crippen LogP contribution in [0.1, 0.15) is 57.8 Å². The molecule has 2 aliphatic rings. The van der Waals surface area contributed by atoms with Crippen LogP contribution in [0.2, 0.25) is 0 Å². The van der Waals surface area contributed by atoms with Crippen molar-refractivity contribution < 1.29 is 13.6 Å². The van der Waals surface area contributed by atoms with Gasteiger partial charge in [0.2, 0.25) is 11.8 Å². The number of amides is 1. The van der Waals surface area contributed by atoms with Gasteiger partial charge in [-0.2, -0.15) is 0 Å². The third-order valence-electron chi connectivity index (χ3n) is 7.21. The third-order valence-corrected chi connectivity index (χ3v) is 7.21. The van der Waals surface area contributed by atoms with Crippen molar-refractivity contribution in [2.75, 3.05) is 26.2 Å². The van der Waals surface area contributed by atoms with Crippen LogP contribution in [0.25, 0.3) is 5.52 Å². The molecule has 0 radical (unpaired) electrons. The minimum Gasteiger partial charge on any atom is -0.343 e. The molecule has 3 heterocycles. The summed E-state index contributed by atoms with van der Waals surface area (Å²) in [5.41, 5.74) is 1.29. The van der Waals surface area contributed by atoms with E-state index in [4.69, 9.17) is 0 Å². The van der Waals surface area contributed by atoms with E-state index in [1.54, 1.807) is 0 Å². The SMILES string of the molecule is Cc1cccn2c(C(C)(C)NC(=O)[C@@H]3CNCCN3CC3(C)CCC(F)(F)CC3)ncc12. The summed E-state index contributed by atoms with van der Waals surface area (Å²) >= 11 is 0. The van der Waals surface area contributed by atoms with Crippen LogP contribution in [0, 0.1) is 12.3 Å². The fourth-order valence-electron chi connectivity index (χ4n) is 5.13. The molecule has 0 bridgehead atoms. The molecule has 4 rings (SSSR count). The van der Waals surface area contributed by atoms with E-state index in [0.29, 0.717) is 25.9 Å². The standard InChI is InChI=1S/C24H35F2N5O/c1-17-6-5-12-31-18(17)15-28-21(31)22(2,3)29-20(32)19-14-27-11-13-30(19)16-23(4)7-9-24(25,26)10-8-23/h5-6,12,15,19,27H,7-11,13-14,16H2,1-4H3,(H,29,32)/t19-/m0/s1. The van der Waals surface area contributed by atoms with E-state index in [9.17, 15) is 13.6 Å². The molecule has 2 aromatic rings. The van der Waals surface area contributed by atoms with Gasteiger partial charge >= 0.3 is 0 Å². The van der Waals surface area contributed by atoms with E-state index in [2.05, 4.69) is 27.4 Å². The van der Waals surface area contributed by atoms with Gasteiger partial charge in [-0.25, -0.2) is 13.8 Å². The zero-order valence-corrected chi connectivity index (χ0v) is 19.5. The Morgan fingerprint density at radius 3 is 2.75 bits per heavy atom. The number of nitrogens with zero attached hydrogens (tertiary/aromatic N) is 3. The number of aryl methyl sites for hydroxylation is 1. The van der Waals surface area contributed by atoms with Crippen LogP contribution >= 0.6 is 0 Å². The third kappa shape index (κ3) is 4.66. The number of imidazole rings is 1. The van der Waals surface area contributed by atoms with Crippen LogP contribution in [0.15, 0.2) is 24.5 Å². The number of carbonyl (C=O) groups excluding carboxylic acids is 1. The van der Waals surface area contributed by atoms with Crippen LogP contribution in [-0.2, 0) is 10.3 Å². The maximum Gasteiger partial charge on any atom is 0.248 e. The highest BCUT2D eigenvalue weighted by atomic mass is 19.3. The van der Waals surface area contributed by atoms with Gasteiger partial charge < -0.3 is 15.0 Å². The summed E-state index contributed by atoms with van der Waals surface area (Å²) < 4.78 is 29.4. The highest BCUT2D eigenvalue weighted by Gasteiger charge is 2.43. The predicted molar refractivity (Wildman–Crippen MR) is 121 cm³/mol. The first kappa shape index (κ1) is 23.1. The van der Waals surface area contributed by atoms with Crippen molar-refractivity contribution >= 4 is 11.4 Å². The normalized spacial score (nSPS) is 23.9. The molecule has 1 amide bonds. The number of rotatable bonds is 5. The van der Waals surface area contributed by atoms with Gasteiger partial charge in [-0.05, 0) is 50.7 Å². The molecule has 1 atom stereocenters. The molecule has 0 aromatic carbocycles. The maximum atomic E-state index is 13.7. The summed E-state index contributed by atoms with van der Waals surface area (Å²) in [7, 11) is 0. The number of nitrogens with one attached hydrogen (secondary N) is 2. The lowest BCUT2D eigenvalue weighted by Gasteiger charge is -2.44. The van der Waals surface area contributed by atoms with Crippen molar-refractivity contribution in [1.29, 1.82) is 0 Å². The van der Waals surface area contributed by atoms with E-state index in [-0.39, 0.29) is 30.2 Å². The van der Waals surface area contributed by atoms with Gasteiger partial charge in [-0.1, -0.05) is 13.0 Å². The van der Waals surface area contributed by atoms with Gasteiger partial charge in [0.05, 0.1) is 17.3 Å². The number of alkyl halides is 2. The van der Waals surface area contributed by atoms with E-state index < -0.39 is 11.5 Å². The molecule has 1 aliphatic heterocycles. The maximum absolute atomic E-state index is 13.7. The van der Waals surface area contributed by atoms with Crippen LogP contribution < -0.4 is 10.6 Å². The number of piperazine rings is 1. The molecule has 1 saturated carbocycles. The van der Waals surface area contributed by atoms with E-state index in [1.165, 1.54) is 0 Å². The van der Waals surface area contributed by atoms with Gasteiger partial charge in [0, 0.05) is 45.2 Å². The quantitative estimate of drug-likeness (QED) is 0.737. The second-order valence-corrected chi connectivity index (χ2v) is 10.5. The molecule has 2 fully saturated rings. The number of carbonyl (C=O) groups is 1. The summed E-state index contributed by atoms with van der Waals surface area (Å²) in [5.74, 6) is -1.83. The Labute approximate surface area is 188 Å². The Morgan fingerprint density at radius 1 is 1.31 bits per heavy atom. The van der Waals surface area contributed by atoms with Gasteiger partial charge in [0.25, 0.3) is 0 Å². The molecule has 32 heavy (non-hydrogen) atoms. The smallest absolute Gasteiger partial charge is 0.248 e. The van der Waals surface area contributed by atoms with Crippen LogP contribution in [0.4, 0.5) is 8.78 Å². The van der Waals surface area contributed by atoms with E-state index in [1.807, 2.05) is 49.7 Å². The lowest BCUT2D eigenvalue weighted by atomic mass is 9.73. The average molecular weight is 448 g/mol. The molecule has 1 aliphatic carbocycles. The number of hydrogen-bond acceptors (Lipinski definition) is 4. The number of aromatic nitrogens is 2. The van der Waals surface area contributed by atoms with Crippen molar-refractivity contribution in [3.8, 4) is 0 Å². The summed E-state index contributed by atoms with van der Waals surface area (Å²) in [6.07, 6.45) is 4.66. The Hall–Kier alpha value is -2.06. The fraction of sp³-hybridized carbons (Fsp3) is 0.667. The highest BCUT2D eigenvalue weighted by molar-refractivity contribution is 5.83. The Balaban J connectivity index is 1.48. The second-order valence-electron chi connectivity index (χ2n) is 10.5. The van der Waals surface area contributed by atoms with Gasteiger partial charge in [0.1, 0.15) is 11.9 Å². The lowest BCUT2D eigenvalue weighted by Crippen LogP contribution is -2.61. The van der Waals surface area contributed by atoms with Crippen molar-refractivity contribution in [3.63, 3.8) is 0 Å². The predicted octanol–water partition coefficient (Wildman–Crippen LogP) is 3.48. The van der Waals surface area contributed by atoms with Crippen molar-refractivity contribution in [2.45, 2.75) is 70.9 Å². The highest BCUT2D eigenvalue weighted by Crippen LogP contribution is 2.44. The molecule has 2 N–H and O–H groups in total. The zero-order chi connectivity index (χ0) is 23.1. The molecule has 6 nitrogen and oxygen atoms in total. The van der Waals surface area contributed by atoms with Crippen LogP contribution in [-0.4, -0.2) is 58.3 Å². The number of fused-ring (bicyclic) bond motifs is 1. The first-order valence-corrected chi connectivity index (χ1v) is 11.6. The molecule has 1 saturated heterocycles. The zero-order valence-electron chi connectivity index (χ0n) is 19.5. The minimum absolute atomic E-state index is 0.0589. The van der Waals surface area contributed by atoms with Gasteiger partial charge in [-0.15, -0.1) is 0 Å². The Bertz CT molecular complexity index is 976. The summed E-state index contributed by atoms with van der Waals surface area (Å²) in [4.78, 5) is 20.2. The topological polar surface area (TPSA) is 61.7 Å². The first-order chi connectivity index (χ1) is 15.0. The monoisotopic (exact) mass is 447 g/mol. The molecule has 0 unspecified atom stereocenters. The van der Waals surface area contributed by atoms with E-state index in [0.717, 1.165) is 30.0 Å². The van der Waals surface area contributed by atoms with Gasteiger partial charge in [-0.3, -0.25) is 9.69 Å². The second kappa shape index (κ2) is 8.37. The molecule has 8 heteroatoms. The Morgan fingerprint density at radius 2 is 2.03 bits per heavy atom. The summed E-state index contributed by atoms with van der Waals surface area (Å²) in [6.45, 7) is 10.8. The number of hydrogen-bond donors (Lipinski definition) is 2. The molecule has 176 valence electrons. The number of halogens is 2. The molecular formula is C24H35F2N5O. The van der Waals surface area contributed by atoms with Crippen molar-refractivity contribution in [2.24, 2.45) is 5.41 Å². The largest absolute Gasteiger partial charge is 0.343 e. The van der Waals surface area contributed by atoms with E-state index >= 15 is 0 Å². The summed E-state index contributed by atoms with van der Waals surface area (Å²) in [5, 5.41) is 6.53. The minimum atomic E-state index is -2.55. The van der Waals surface area contributed by atoms with Crippen LogP contribution in [0.5, 0.6) is 0 Å². The summed E-state index contributed by atoms with van der Waals surface area (Å²) in [6, 6.07) is 3.68. The van der Waals surface area contributed by atoms with Crippen molar-refractivity contribution in [3.05, 3.63) is 35.9 Å². The fourth-order valence-corrected chi connectivity index (χ4v) is 5.13. The number of pyridine rings is 1. The van der Waals surface area contributed by atoms with Gasteiger partial charge in [0.15, 0.2) is 0 Å². The molecular weight excluding hydrogens is 412 g/mol. The van der Waals surface area contributed by atoms with Crippen molar-refractivity contribution in [1.82, 2.24) is 24.9 Å². The molecule has 0 spiro atoms. The molecule has 2 aromatic heterocycles. The first-order valence-electron chi connectivity index (χ1n) is 11.6. The Kier molecular flexibility index (Phi) is 6.05. The average Bonchev–Trinajstić information content (AvgIpc) is 3.17.